The summed E-state index contributed by atoms with van der Waals surface area (Å²) in [5.74, 6) is -0.0160. The Kier molecular flexibility index (Phi) is 6.36. The van der Waals surface area contributed by atoms with Gasteiger partial charge < -0.3 is 4.74 Å². The lowest BCUT2D eigenvalue weighted by molar-refractivity contribution is -0.120. The van der Waals surface area contributed by atoms with Crippen LogP contribution < -0.4 is 9.64 Å². The lowest BCUT2D eigenvalue weighted by atomic mass is 10.2. The summed E-state index contributed by atoms with van der Waals surface area (Å²) in [6.07, 6.45) is 0.752. The first kappa shape index (κ1) is 19.3. The van der Waals surface area contributed by atoms with Crippen molar-refractivity contribution in [2.45, 2.75) is 13.3 Å². The number of amides is 1. The predicted molar refractivity (Wildman–Crippen MR) is 105 cm³/mol. The van der Waals surface area contributed by atoms with Crippen LogP contribution in [0.2, 0.25) is 5.02 Å². The van der Waals surface area contributed by atoms with E-state index in [1.54, 1.807) is 36.4 Å². The smallest absolute Gasteiger partial charge is 0.266 e. The number of nitrogens with zero attached hydrogens (tertiary/aromatic N) is 3. The second kappa shape index (κ2) is 8.92. The van der Waals surface area contributed by atoms with Gasteiger partial charge in [0, 0.05) is 17.1 Å². The minimum Gasteiger partial charge on any atom is -0.484 e. The van der Waals surface area contributed by atoms with Crippen molar-refractivity contribution in [3.05, 3.63) is 59.4 Å². The Bertz CT molecular complexity index is 917. The van der Waals surface area contributed by atoms with Gasteiger partial charge in [-0.2, -0.15) is 0 Å². The van der Waals surface area contributed by atoms with Gasteiger partial charge in [-0.05, 0) is 42.8 Å². The van der Waals surface area contributed by atoms with Crippen LogP contribution in [0.5, 0.6) is 5.75 Å². The van der Waals surface area contributed by atoms with Crippen molar-refractivity contribution in [1.82, 2.24) is 10.2 Å². The van der Waals surface area contributed by atoms with Crippen molar-refractivity contribution in [3.63, 3.8) is 0 Å². The van der Waals surface area contributed by atoms with Crippen molar-refractivity contribution in [2.24, 2.45) is 0 Å². The third-order valence-electron chi connectivity index (χ3n) is 3.64. The maximum Gasteiger partial charge on any atom is 0.266 e. The number of rotatable bonds is 7. The molecule has 1 heterocycles. The van der Waals surface area contributed by atoms with Crippen molar-refractivity contribution in [1.29, 1.82) is 0 Å². The van der Waals surface area contributed by atoms with E-state index in [9.17, 15) is 9.18 Å². The molecule has 0 atom stereocenters. The number of hydrogen-bond acceptors (Lipinski definition) is 5. The zero-order valence-corrected chi connectivity index (χ0v) is 16.1. The van der Waals surface area contributed by atoms with E-state index in [2.05, 4.69) is 10.2 Å². The van der Waals surface area contributed by atoms with E-state index in [0.29, 0.717) is 33.0 Å². The largest absolute Gasteiger partial charge is 0.484 e. The molecule has 2 aromatic carbocycles. The van der Waals surface area contributed by atoms with E-state index in [0.717, 1.165) is 6.42 Å². The van der Waals surface area contributed by atoms with E-state index in [-0.39, 0.29) is 18.3 Å². The highest BCUT2D eigenvalue weighted by molar-refractivity contribution is 7.18. The Morgan fingerprint density at radius 2 is 2.00 bits per heavy atom. The van der Waals surface area contributed by atoms with Gasteiger partial charge in [0.05, 0.1) is 0 Å². The van der Waals surface area contributed by atoms with Crippen LogP contribution >= 0.6 is 22.9 Å². The zero-order valence-electron chi connectivity index (χ0n) is 14.6. The number of aromatic nitrogens is 2. The molecule has 0 saturated carbocycles. The van der Waals surface area contributed by atoms with Gasteiger partial charge in [0.15, 0.2) is 6.61 Å². The van der Waals surface area contributed by atoms with Gasteiger partial charge in [0.1, 0.15) is 16.6 Å². The van der Waals surface area contributed by atoms with Gasteiger partial charge >= 0.3 is 0 Å². The first-order valence-corrected chi connectivity index (χ1v) is 9.54. The minimum atomic E-state index is -0.345. The fraction of sp³-hybridized carbons (Fsp3) is 0.211. The van der Waals surface area contributed by atoms with Crippen molar-refractivity contribution in [3.8, 4) is 16.3 Å². The summed E-state index contributed by atoms with van der Waals surface area (Å²) >= 11 is 7.08. The average molecular weight is 406 g/mol. The molecule has 8 heteroatoms. The van der Waals surface area contributed by atoms with Gasteiger partial charge in [0.25, 0.3) is 5.91 Å². The molecule has 0 N–H and O–H groups in total. The molecule has 0 aliphatic carbocycles. The van der Waals surface area contributed by atoms with E-state index >= 15 is 0 Å². The lowest BCUT2D eigenvalue weighted by Gasteiger charge is -2.18. The number of carbonyl (C=O) groups is 1. The molecule has 0 bridgehead atoms. The molecule has 1 amide bonds. The van der Waals surface area contributed by atoms with Crippen LogP contribution in [0.4, 0.5) is 9.52 Å². The molecule has 0 spiro atoms. The topological polar surface area (TPSA) is 55.3 Å². The second-order valence-corrected chi connectivity index (χ2v) is 7.08. The maximum absolute atomic E-state index is 13.4. The number of benzene rings is 2. The third kappa shape index (κ3) is 5.02. The molecule has 0 fully saturated rings. The standard InChI is InChI=1S/C19H17ClFN3O2S/c1-2-10-24(17(25)12-26-16-8-6-14(20)7-9-16)19-23-22-18(27-19)13-4-3-5-15(21)11-13/h3-9,11H,2,10,12H2,1H3. The third-order valence-corrected chi connectivity index (χ3v) is 4.89. The molecule has 140 valence electrons. The molecule has 0 saturated heterocycles. The molecule has 0 aliphatic heterocycles. The summed E-state index contributed by atoms with van der Waals surface area (Å²) in [6.45, 7) is 2.33. The molecule has 0 aliphatic rings. The second-order valence-electron chi connectivity index (χ2n) is 5.69. The van der Waals surface area contributed by atoms with Crippen LogP contribution in [-0.2, 0) is 4.79 Å². The van der Waals surface area contributed by atoms with Gasteiger partial charge in [-0.25, -0.2) is 4.39 Å². The van der Waals surface area contributed by atoms with Crippen LogP contribution in [0, 0.1) is 5.82 Å². The normalized spacial score (nSPS) is 10.6. The highest BCUT2D eigenvalue weighted by Gasteiger charge is 2.20. The van der Waals surface area contributed by atoms with Crippen LogP contribution in [0.25, 0.3) is 10.6 Å². The lowest BCUT2D eigenvalue weighted by Crippen LogP contribution is -2.35. The predicted octanol–water partition coefficient (Wildman–Crippen LogP) is 4.82. The van der Waals surface area contributed by atoms with Crippen molar-refractivity contribution < 1.29 is 13.9 Å². The molecule has 0 unspecified atom stereocenters. The van der Waals surface area contributed by atoms with E-state index in [1.807, 2.05) is 6.92 Å². The van der Waals surface area contributed by atoms with E-state index in [1.165, 1.54) is 28.4 Å². The Morgan fingerprint density at radius 1 is 1.22 bits per heavy atom. The van der Waals surface area contributed by atoms with E-state index < -0.39 is 0 Å². The minimum absolute atomic E-state index is 0.128. The molecule has 3 rings (SSSR count). The first-order chi connectivity index (χ1) is 13.1. The van der Waals surface area contributed by atoms with Crippen molar-refractivity contribution >= 4 is 34.0 Å². The first-order valence-electron chi connectivity index (χ1n) is 8.35. The van der Waals surface area contributed by atoms with Crippen LogP contribution in [-0.4, -0.2) is 29.3 Å². The van der Waals surface area contributed by atoms with E-state index in [4.69, 9.17) is 16.3 Å². The molecular weight excluding hydrogens is 389 g/mol. The summed E-state index contributed by atoms with van der Waals surface area (Å²) in [7, 11) is 0. The number of halogens is 2. The Labute approximate surface area is 165 Å². The average Bonchev–Trinajstić information content (AvgIpc) is 3.15. The summed E-state index contributed by atoms with van der Waals surface area (Å²) in [5, 5.41) is 9.81. The molecule has 27 heavy (non-hydrogen) atoms. The fourth-order valence-corrected chi connectivity index (χ4v) is 3.38. The highest BCUT2D eigenvalue weighted by atomic mass is 35.5. The molecule has 0 radical (unpaired) electrons. The number of carbonyl (C=O) groups excluding carboxylic acids is 1. The van der Waals surface area contributed by atoms with Gasteiger partial charge in [0.2, 0.25) is 5.13 Å². The van der Waals surface area contributed by atoms with Crippen LogP contribution in [0.3, 0.4) is 0 Å². The van der Waals surface area contributed by atoms with Crippen molar-refractivity contribution in [2.75, 3.05) is 18.1 Å². The van der Waals surface area contributed by atoms with Gasteiger partial charge in [-0.15, -0.1) is 10.2 Å². The molecule has 1 aromatic heterocycles. The fourth-order valence-electron chi connectivity index (χ4n) is 2.37. The van der Waals surface area contributed by atoms with Gasteiger partial charge in [-0.3, -0.25) is 9.69 Å². The summed E-state index contributed by atoms with van der Waals surface area (Å²) < 4.78 is 19.0. The molecular formula is C19H17ClFN3O2S. The van der Waals surface area contributed by atoms with Gasteiger partial charge in [-0.1, -0.05) is 42.0 Å². The van der Waals surface area contributed by atoms with Crippen LogP contribution in [0.1, 0.15) is 13.3 Å². The Hall–Kier alpha value is -2.51. The Balaban J connectivity index is 1.72. The number of hydrogen-bond donors (Lipinski definition) is 0. The SMILES string of the molecule is CCCN(C(=O)COc1ccc(Cl)cc1)c1nnc(-c2cccc(F)c2)s1. The summed E-state index contributed by atoms with van der Waals surface area (Å²) in [4.78, 5) is 14.2. The van der Waals surface area contributed by atoms with Crippen LogP contribution in [0.15, 0.2) is 48.5 Å². The summed E-state index contributed by atoms with van der Waals surface area (Å²) in [6, 6.07) is 12.9. The Morgan fingerprint density at radius 3 is 2.70 bits per heavy atom. The molecule has 5 nitrogen and oxygen atoms in total. The molecule has 3 aromatic rings. The highest BCUT2D eigenvalue weighted by Crippen LogP contribution is 2.29. The summed E-state index contributed by atoms with van der Waals surface area (Å²) in [5.41, 5.74) is 0.625. The maximum atomic E-state index is 13.4. The number of anilines is 1. The quantitative estimate of drug-likeness (QED) is 0.565. The monoisotopic (exact) mass is 405 g/mol. The number of ether oxygens (including phenoxy) is 1. The zero-order chi connectivity index (χ0) is 19.2.